The molecule has 29 heavy (non-hydrogen) atoms. The van der Waals surface area contributed by atoms with Gasteiger partial charge in [0, 0.05) is 32.6 Å². The average Bonchev–Trinajstić information content (AvgIpc) is 2.66. The SMILES string of the molecule is Cc1ccc2c(c1)N(CCCC(=O)NCCCN1CC(C)CC(C)C1)C(=O)CO2. The van der Waals surface area contributed by atoms with Gasteiger partial charge in [-0.15, -0.1) is 0 Å². The van der Waals surface area contributed by atoms with Crippen LogP contribution in [0.15, 0.2) is 18.2 Å². The maximum absolute atomic E-state index is 12.2. The molecule has 0 bridgehead atoms. The van der Waals surface area contributed by atoms with Crippen molar-refractivity contribution in [3.63, 3.8) is 0 Å². The van der Waals surface area contributed by atoms with Crippen LogP contribution in [0.3, 0.4) is 0 Å². The standard InChI is InChI=1S/C23H35N3O3/c1-17-7-8-21-20(13-17)26(23(28)16-29-21)11-4-6-22(27)24-9-5-10-25-14-18(2)12-19(3)15-25/h7-8,13,18-19H,4-6,9-12,14-16H2,1-3H3,(H,24,27). The molecular formula is C23H35N3O3. The van der Waals surface area contributed by atoms with E-state index in [1.807, 2.05) is 25.1 Å². The summed E-state index contributed by atoms with van der Waals surface area (Å²) in [6.07, 6.45) is 3.39. The molecule has 2 aliphatic heterocycles. The summed E-state index contributed by atoms with van der Waals surface area (Å²) in [6.45, 7) is 11.4. The minimum Gasteiger partial charge on any atom is -0.482 e. The second-order valence-electron chi connectivity index (χ2n) is 8.82. The first-order valence-electron chi connectivity index (χ1n) is 10.9. The first-order chi connectivity index (χ1) is 13.9. The molecule has 2 heterocycles. The van der Waals surface area contributed by atoms with Crippen LogP contribution in [0, 0.1) is 18.8 Å². The van der Waals surface area contributed by atoms with Crippen LogP contribution in [0.25, 0.3) is 0 Å². The van der Waals surface area contributed by atoms with Gasteiger partial charge in [-0.1, -0.05) is 19.9 Å². The largest absolute Gasteiger partial charge is 0.482 e. The second-order valence-corrected chi connectivity index (χ2v) is 8.82. The third-order valence-electron chi connectivity index (χ3n) is 5.76. The van der Waals surface area contributed by atoms with Gasteiger partial charge in [-0.05, 0) is 62.3 Å². The van der Waals surface area contributed by atoms with Crippen LogP contribution in [0.5, 0.6) is 5.75 Å². The highest BCUT2D eigenvalue weighted by molar-refractivity contribution is 5.97. The zero-order chi connectivity index (χ0) is 20.8. The van der Waals surface area contributed by atoms with Gasteiger partial charge < -0.3 is 19.9 Å². The fourth-order valence-electron chi connectivity index (χ4n) is 4.55. The monoisotopic (exact) mass is 401 g/mol. The number of fused-ring (bicyclic) bond motifs is 1. The number of carbonyl (C=O) groups is 2. The van der Waals surface area contributed by atoms with E-state index in [0.717, 1.165) is 48.3 Å². The smallest absolute Gasteiger partial charge is 0.265 e. The topological polar surface area (TPSA) is 61.9 Å². The molecule has 1 saturated heterocycles. The van der Waals surface area contributed by atoms with Gasteiger partial charge in [-0.25, -0.2) is 0 Å². The Balaban J connectivity index is 1.35. The van der Waals surface area contributed by atoms with Crippen LogP contribution in [0.1, 0.15) is 45.1 Å². The molecule has 3 rings (SSSR count). The Hall–Kier alpha value is -2.08. The summed E-state index contributed by atoms with van der Waals surface area (Å²) in [7, 11) is 0. The zero-order valence-corrected chi connectivity index (χ0v) is 18.1. The molecule has 6 nitrogen and oxygen atoms in total. The molecule has 160 valence electrons. The zero-order valence-electron chi connectivity index (χ0n) is 18.1. The van der Waals surface area contributed by atoms with Gasteiger partial charge in [-0.3, -0.25) is 9.59 Å². The van der Waals surface area contributed by atoms with Crippen molar-refractivity contribution in [3.05, 3.63) is 23.8 Å². The van der Waals surface area contributed by atoms with Crippen molar-refractivity contribution in [1.82, 2.24) is 10.2 Å². The Morgan fingerprint density at radius 2 is 1.93 bits per heavy atom. The Morgan fingerprint density at radius 3 is 2.69 bits per heavy atom. The number of piperidine rings is 1. The van der Waals surface area contributed by atoms with E-state index in [1.54, 1.807) is 4.90 Å². The Labute approximate surface area is 174 Å². The molecule has 2 atom stereocenters. The van der Waals surface area contributed by atoms with E-state index in [-0.39, 0.29) is 18.4 Å². The fourth-order valence-corrected chi connectivity index (χ4v) is 4.55. The van der Waals surface area contributed by atoms with Crippen molar-refractivity contribution in [3.8, 4) is 5.75 Å². The minimum atomic E-state index is -0.0477. The molecule has 1 fully saturated rings. The number of likely N-dealkylation sites (tertiary alicyclic amines) is 1. The fraction of sp³-hybridized carbons (Fsp3) is 0.652. The van der Waals surface area contributed by atoms with Gasteiger partial charge in [0.2, 0.25) is 5.91 Å². The summed E-state index contributed by atoms with van der Waals surface area (Å²) in [6, 6.07) is 5.85. The molecule has 6 heteroatoms. The molecule has 0 saturated carbocycles. The van der Waals surface area contributed by atoms with Gasteiger partial charge in [0.25, 0.3) is 5.91 Å². The van der Waals surface area contributed by atoms with E-state index in [9.17, 15) is 9.59 Å². The van der Waals surface area contributed by atoms with Gasteiger partial charge in [-0.2, -0.15) is 0 Å². The summed E-state index contributed by atoms with van der Waals surface area (Å²) in [5, 5.41) is 3.03. The molecule has 0 aliphatic carbocycles. The summed E-state index contributed by atoms with van der Waals surface area (Å²) in [4.78, 5) is 28.7. The predicted octanol–water partition coefficient (Wildman–Crippen LogP) is 2.98. The number of nitrogens with one attached hydrogen (secondary N) is 1. The minimum absolute atomic E-state index is 0.0477. The lowest BCUT2D eigenvalue weighted by Crippen LogP contribution is -2.40. The molecule has 2 aliphatic rings. The first-order valence-corrected chi connectivity index (χ1v) is 10.9. The van der Waals surface area contributed by atoms with Crippen molar-refractivity contribution in [2.75, 3.05) is 44.2 Å². The number of ether oxygens (including phenoxy) is 1. The lowest BCUT2D eigenvalue weighted by Gasteiger charge is -2.34. The van der Waals surface area contributed by atoms with Crippen molar-refractivity contribution >= 4 is 17.5 Å². The number of hydrogen-bond donors (Lipinski definition) is 1. The van der Waals surface area contributed by atoms with Crippen LogP contribution < -0.4 is 15.0 Å². The number of anilines is 1. The molecule has 0 radical (unpaired) electrons. The van der Waals surface area contributed by atoms with Crippen LogP contribution in [0.4, 0.5) is 5.69 Å². The molecule has 0 aromatic heterocycles. The normalized spacial score (nSPS) is 22.2. The lowest BCUT2D eigenvalue weighted by atomic mass is 9.92. The number of benzene rings is 1. The third-order valence-corrected chi connectivity index (χ3v) is 5.76. The third kappa shape index (κ3) is 6.20. The van der Waals surface area contributed by atoms with Crippen LogP contribution in [0.2, 0.25) is 0 Å². The first kappa shape index (κ1) is 21.6. The number of hydrogen-bond acceptors (Lipinski definition) is 4. The van der Waals surface area contributed by atoms with E-state index >= 15 is 0 Å². The van der Waals surface area contributed by atoms with Crippen LogP contribution in [-0.2, 0) is 9.59 Å². The number of nitrogens with zero attached hydrogens (tertiary/aromatic N) is 2. The Bertz CT molecular complexity index is 711. The Morgan fingerprint density at radius 1 is 1.17 bits per heavy atom. The second kappa shape index (κ2) is 10.1. The van der Waals surface area contributed by atoms with Gasteiger partial charge in [0.1, 0.15) is 5.75 Å². The number of rotatable bonds is 8. The number of aryl methyl sites for hydroxylation is 1. The van der Waals surface area contributed by atoms with E-state index < -0.39 is 0 Å². The van der Waals surface area contributed by atoms with Crippen LogP contribution >= 0.6 is 0 Å². The molecule has 2 unspecified atom stereocenters. The van der Waals surface area contributed by atoms with Gasteiger partial charge in [0.15, 0.2) is 6.61 Å². The van der Waals surface area contributed by atoms with E-state index in [2.05, 4.69) is 24.1 Å². The lowest BCUT2D eigenvalue weighted by molar-refractivity contribution is -0.122. The molecule has 1 aromatic carbocycles. The number of carbonyl (C=O) groups excluding carboxylic acids is 2. The highest BCUT2D eigenvalue weighted by atomic mass is 16.5. The summed E-state index contributed by atoms with van der Waals surface area (Å²) in [5.74, 6) is 2.29. The van der Waals surface area contributed by atoms with Crippen molar-refractivity contribution in [2.45, 2.75) is 46.5 Å². The molecule has 1 N–H and O–H groups in total. The molecule has 0 spiro atoms. The summed E-state index contributed by atoms with van der Waals surface area (Å²) >= 11 is 0. The highest BCUT2D eigenvalue weighted by Gasteiger charge is 2.25. The average molecular weight is 402 g/mol. The summed E-state index contributed by atoms with van der Waals surface area (Å²) < 4.78 is 5.50. The van der Waals surface area contributed by atoms with Crippen molar-refractivity contribution < 1.29 is 14.3 Å². The maximum Gasteiger partial charge on any atom is 0.265 e. The quantitative estimate of drug-likeness (QED) is 0.681. The predicted molar refractivity (Wildman–Crippen MR) is 115 cm³/mol. The number of amides is 2. The molecular weight excluding hydrogens is 366 g/mol. The Kier molecular flexibility index (Phi) is 7.53. The highest BCUT2D eigenvalue weighted by Crippen LogP contribution is 2.33. The molecule has 1 aromatic rings. The molecule has 2 amide bonds. The van der Waals surface area contributed by atoms with E-state index in [4.69, 9.17) is 4.74 Å². The maximum atomic E-state index is 12.2. The van der Waals surface area contributed by atoms with Crippen molar-refractivity contribution in [2.24, 2.45) is 11.8 Å². The van der Waals surface area contributed by atoms with E-state index in [1.165, 1.54) is 19.5 Å². The van der Waals surface area contributed by atoms with Crippen molar-refractivity contribution in [1.29, 1.82) is 0 Å². The van der Waals surface area contributed by atoms with E-state index in [0.29, 0.717) is 19.4 Å². The van der Waals surface area contributed by atoms with Gasteiger partial charge >= 0.3 is 0 Å². The summed E-state index contributed by atoms with van der Waals surface area (Å²) in [5.41, 5.74) is 1.90. The van der Waals surface area contributed by atoms with Gasteiger partial charge in [0.05, 0.1) is 5.69 Å². The van der Waals surface area contributed by atoms with Crippen LogP contribution in [-0.4, -0.2) is 56.0 Å².